The molecule has 0 unspecified atom stereocenters. The topological polar surface area (TPSA) is 26.3 Å². The second-order valence-corrected chi connectivity index (χ2v) is 11.3. The van der Waals surface area contributed by atoms with Crippen LogP contribution < -0.4 is 0 Å². The van der Waals surface area contributed by atoms with Gasteiger partial charge in [0, 0.05) is 12.5 Å². The Balaban J connectivity index is 1.46. The van der Waals surface area contributed by atoms with Crippen LogP contribution in [0.3, 0.4) is 0 Å². The molecule has 0 saturated heterocycles. The summed E-state index contributed by atoms with van der Waals surface area (Å²) in [5.41, 5.74) is 1.52. The van der Waals surface area contributed by atoms with Crippen molar-refractivity contribution in [1.82, 2.24) is 0 Å². The fourth-order valence-corrected chi connectivity index (χ4v) is 9.84. The minimum absolute atomic E-state index is 0.453. The lowest BCUT2D eigenvalue weighted by Gasteiger charge is -2.61. The number of rotatable bonds is 4. The first kappa shape index (κ1) is 18.4. The Hall–Kier alpha value is -0.630. The maximum atomic E-state index is 10.8. The number of ether oxygens (including phenoxy) is 1. The van der Waals surface area contributed by atoms with Gasteiger partial charge in [-0.3, -0.25) is 4.79 Å². The average molecular weight is 371 g/mol. The normalized spacial score (nSPS) is 56.9. The van der Waals surface area contributed by atoms with Crippen molar-refractivity contribution in [3.8, 4) is 0 Å². The van der Waals surface area contributed by atoms with E-state index in [1.807, 2.05) is 7.11 Å². The van der Waals surface area contributed by atoms with Gasteiger partial charge in [-0.05, 0) is 104 Å². The van der Waals surface area contributed by atoms with Crippen molar-refractivity contribution < 1.29 is 9.53 Å². The fraction of sp³-hybridized carbons (Fsp3) is 0.880. The molecule has 2 heteroatoms. The summed E-state index contributed by atoms with van der Waals surface area (Å²) < 4.78 is 6.22. The van der Waals surface area contributed by atoms with Gasteiger partial charge in [0.1, 0.15) is 6.29 Å². The van der Waals surface area contributed by atoms with Gasteiger partial charge in [0.05, 0.1) is 6.10 Å². The molecule has 5 aliphatic carbocycles. The highest BCUT2D eigenvalue weighted by Gasteiger charge is 2.77. The van der Waals surface area contributed by atoms with Crippen LogP contribution in [0, 0.1) is 51.8 Å². The number of hydrogen-bond acceptors (Lipinski definition) is 2. The molecule has 10 atom stereocenters. The third-order valence-electron chi connectivity index (χ3n) is 11.0. The Morgan fingerprint density at radius 1 is 1.07 bits per heavy atom. The molecular weight excluding hydrogens is 332 g/mol. The molecular formula is C25H38O2. The molecule has 0 aromatic rings. The Morgan fingerprint density at radius 2 is 1.89 bits per heavy atom. The van der Waals surface area contributed by atoms with E-state index in [2.05, 4.69) is 26.8 Å². The number of methoxy groups -OCH3 is 1. The van der Waals surface area contributed by atoms with Gasteiger partial charge in [0.25, 0.3) is 0 Å². The summed E-state index contributed by atoms with van der Waals surface area (Å²) in [6, 6.07) is 0. The van der Waals surface area contributed by atoms with Crippen LogP contribution in [0.1, 0.15) is 72.1 Å². The molecule has 0 aliphatic heterocycles. The van der Waals surface area contributed by atoms with E-state index in [4.69, 9.17) is 4.74 Å². The fourth-order valence-electron chi connectivity index (χ4n) is 9.84. The monoisotopic (exact) mass is 370 g/mol. The van der Waals surface area contributed by atoms with E-state index in [9.17, 15) is 4.79 Å². The predicted molar refractivity (Wildman–Crippen MR) is 108 cm³/mol. The molecule has 5 aliphatic rings. The molecule has 27 heavy (non-hydrogen) atoms. The van der Waals surface area contributed by atoms with Gasteiger partial charge in [-0.15, -0.1) is 0 Å². The summed E-state index contributed by atoms with van der Waals surface area (Å²) in [6.07, 6.45) is 16.6. The van der Waals surface area contributed by atoms with Crippen LogP contribution in [0.25, 0.3) is 0 Å². The lowest BCUT2D eigenvalue weighted by atomic mass is 9.45. The summed E-state index contributed by atoms with van der Waals surface area (Å²) in [7, 11) is 1.99. The Labute approximate surface area is 165 Å². The number of fused-ring (bicyclic) bond motifs is 4. The number of aldehydes is 1. The van der Waals surface area contributed by atoms with E-state index in [1.54, 1.807) is 6.08 Å². The summed E-state index contributed by atoms with van der Waals surface area (Å²) >= 11 is 0. The van der Waals surface area contributed by atoms with Crippen LogP contribution >= 0.6 is 0 Å². The summed E-state index contributed by atoms with van der Waals surface area (Å²) in [4.78, 5) is 10.8. The number of allylic oxidation sites excluding steroid dienone is 2. The largest absolute Gasteiger partial charge is 0.381 e. The second-order valence-electron chi connectivity index (χ2n) is 11.3. The van der Waals surface area contributed by atoms with Gasteiger partial charge in [-0.2, -0.15) is 0 Å². The second kappa shape index (κ2) is 5.94. The van der Waals surface area contributed by atoms with E-state index in [0.29, 0.717) is 28.3 Å². The molecule has 5 fully saturated rings. The molecule has 150 valence electrons. The maximum absolute atomic E-state index is 10.8. The van der Waals surface area contributed by atoms with Crippen LogP contribution in [-0.2, 0) is 9.53 Å². The van der Waals surface area contributed by atoms with E-state index < -0.39 is 0 Å². The molecule has 0 radical (unpaired) electrons. The molecule has 5 saturated carbocycles. The van der Waals surface area contributed by atoms with Crippen molar-refractivity contribution in [2.24, 2.45) is 51.8 Å². The van der Waals surface area contributed by atoms with Gasteiger partial charge in [-0.1, -0.05) is 26.8 Å². The summed E-state index contributed by atoms with van der Waals surface area (Å²) in [5.74, 6) is 4.86. The lowest BCUT2D eigenvalue weighted by molar-refractivity contribution is -0.160. The standard InChI is InChI=1S/C25H38O2/c1-16(6-5-13-26)19-7-8-20-18-14-22(27-4)25-15-17(25)9-12-24(25,3)21(18)10-11-23(19,20)2/h5-6,13,16-22H,7-12,14-15H2,1-4H3/b6-5+/t16-,17-,18+,19-,20+,21+,22-,23-,24-,25+/m1/s1. The first-order valence-electron chi connectivity index (χ1n) is 11.6. The first-order chi connectivity index (χ1) is 12.9. The van der Waals surface area contributed by atoms with E-state index in [-0.39, 0.29) is 0 Å². The van der Waals surface area contributed by atoms with E-state index in [1.165, 1.54) is 51.4 Å². The highest BCUT2D eigenvalue weighted by atomic mass is 16.5. The van der Waals surface area contributed by atoms with Crippen molar-refractivity contribution >= 4 is 6.29 Å². The Morgan fingerprint density at radius 3 is 2.59 bits per heavy atom. The van der Waals surface area contributed by atoms with Crippen LogP contribution in [0.5, 0.6) is 0 Å². The van der Waals surface area contributed by atoms with Crippen molar-refractivity contribution in [3.05, 3.63) is 12.2 Å². The number of carbonyl (C=O) groups excluding carboxylic acids is 1. The van der Waals surface area contributed by atoms with E-state index in [0.717, 1.165) is 35.9 Å². The molecule has 0 heterocycles. The highest BCUT2D eigenvalue weighted by Crippen LogP contribution is 2.82. The molecule has 0 aromatic carbocycles. The number of carbonyl (C=O) groups is 1. The predicted octanol–water partition coefficient (Wildman–Crippen LogP) is 5.66. The average Bonchev–Trinajstić information content (AvgIpc) is 3.16. The zero-order valence-corrected chi connectivity index (χ0v) is 17.7. The zero-order valence-electron chi connectivity index (χ0n) is 17.7. The Bertz CT molecular complexity index is 655. The van der Waals surface area contributed by atoms with Crippen molar-refractivity contribution in [2.45, 2.75) is 78.2 Å². The SMILES string of the molecule is CO[C@@H]1C[C@H]2[C@@H]3CC[C@H]([C@H](C)/C=C/C=O)[C@@]3(C)CC[C@@H]2[C@@]2(C)CC[C@@H]3C[C@]312. The van der Waals surface area contributed by atoms with Crippen LogP contribution in [0.2, 0.25) is 0 Å². The molecule has 0 amide bonds. The minimum atomic E-state index is 0.453. The molecule has 0 N–H and O–H groups in total. The van der Waals surface area contributed by atoms with Gasteiger partial charge < -0.3 is 4.74 Å². The van der Waals surface area contributed by atoms with Crippen LogP contribution in [0.15, 0.2) is 12.2 Å². The smallest absolute Gasteiger partial charge is 0.142 e. The Kier molecular flexibility index (Phi) is 4.05. The van der Waals surface area contributed by atoms with Gasteiger partial charge in [0.15, 0.2) is 0 Å². The van der Waals surface area contributed by atoms with Crippen molar-refractivity contribution in [2.75, 3.05) is 7.11 Å². The molecule has 5 rings (SSSR count). The van der Waals surface area contributed by atoms with Crippen molar-refractivity contribution in [1.29, 1.82) is 0 Å². The molecule has 1 spiro atoms. The molecule has 2 nitrogen and oxygen atoms in total. The van der Waals surface area contributed by atoms with Crippen LogP contribution in [-0.4, -0.2) is 19.5 Å². The first-order valence-corrected chi connectivity index (χ1v) is 11.6. The lowest BCUT2D eigenvalue weighted by Crippen LogP contribution is -2.57. The number of hydrogen-bond donors (Lipinski definition) is 0. The minimum Gasteiger partial charge on any atom is -0.381 e. The molecule has 0 aromatic heterocycles. The maximum Gasteiger partial charge on any atom is 0.142 e. The van der Waals surface area contributed by atoms with Crippen LogP contribution in [0.4, 0.5) is 0 Å². The summed E-state index contributed by atoms with van der Waals surface area (Å²) in [6.45, 7) is 7.60. The van der Waals surface area contributed by atoms with Gasteiger partial charge >= 0.3 is 0 Å². The third-order valence-corrected chi connectivity index (χ3v) is 11.0. The third kappa shape index (κ3) is 2.15. The summed E-state index contributed by atoms with van der Waals surface area (Å²) in [5, 5.41) is 0. The van der Waals surface area contributed by atoms with Gasteiger partial charge in [0.2, 0.25) is 0 Å². The highest BCUT2D eigenvalue weighted by molar-refractivity contribution is 5.64. The van der Waals surface area contributed by atoms with Crippen molar-refractivity contribution in [3.63, 3.8) is 0 Å². The van der Waals surface area contributed by atoms with E-state index >= 15 is 0 Å². The van der Waals surface area contributed by atoms with Gasteiger partial charge in [-0.25, -0.2) is 0 Å². The molecule has 0 bridgehead atoms. The zero-order chi connectivity index (χ0) is 19.0. The quantitative estimate of drug-likeness (QED) is 0.471.